The second-order valence-electron chi connectivity index (χ2n) is 6.81. The Labute approximate surface area is 171 Å². The van der Waals surface area contributed by atoms with Crippen molar-refractivity contribution in [2.24, 2.45) is 0 Å². The van der Waals surface area contributed by atoms with Gasteiger partial charge in [0.05, 0.1) is 17.2 Å². The van der Waals surface area contributed by atoms with Crippen molar-refractivity contribution in [3.63, 3.8) is 0 Å². The number of anilines is 1. The summed E-state index contributed by atoms with van der Waals surface area (Å²) in [5.41, 5.74) is 2.78. The number of benzene rings is 2. The highest BCUT2D eigenvalue weighted by molar-refractivity contribution is 9.10. The molecule has 0 spiro atoms. The van der Waals surface area contributed by atoms with Crippen molar-refractivity contribution in [3.8, 4) is 0 Å². The lowest BCUT2D eigenvalue weighted by Gasteiger charge is -2.36. The molecule has 0 atom stereocenters. The van der Waals surface area contributed by atoms with Crippen LogP contribution in [0.1, 0.15) is 15.9 Å². The lowest BCUT2D eigenvalue weighted by atomic mass is 10.1. The fourth-order valence-corrected chi connectivity index (χ4v) is 3.69. The first-order valence-corrected chi connectivity index (χ1v) is 9.94. The molecule has 144 valence electrons. The summed E-state index contributed by atoms with van der Waals surface area (Å²) in [4.78, 5) is 16.8. The number of rotatable bonds is 4. The maximum atomic E-state index is 13.1. The number of carbonyl (C=O) groups excluding carboxylic acids is 1. The molecule has 0 radical (unpaired) electrons. The molecular weight excluding hydrogens is 423 g/mol. The molecule has 1 aliphatic rings. The lowest BCUT2D eigenvalue weighted by molar-refractivity contribution is 0.0747. The SMILES string of the molecule is O=C(c1ccc(Cn2cc(Br)cn2)cc1)N1CCN(c2ccc(F)cc2)CC1. The van der Waals surface area contributed by atoms with Crippen LogP contribution < -0.4 is 4.90 Å². The van der Waals surface area contributed by atoms with Crippen molar-refractivity contribution in [2.75, 3.05) is 31.1 Å². The van der Waals surface area contributed by atoms with E-state index in [1.54, 1.807) is 18.3 Å². The number of halogens is 2. The third kappa shape index (κ3) is 4.25. The minimum absolute atomic E-state index is 0.0483. The van der Waals surface area contributed by atoms with Gasteiger partial charge in [-0.3, -0.25) is 9.48 Å². The first-order valence-electron chi connectivity index (χ1n) is 9.15. The predicted octanol–water partition coefficient (Wildman–Crippen LogP) is 3.80. The van der Waals surface area contributed by atoms with Crippen molar-refractivity contribution >= 4 is 27.5 Å². The van der Waals surface area contributed by atoms with Crippen LogP contribution in [0.4, 0.5) is 10.1 Å². The quantitative estimate of drug-likeness (QED) is 0.616. The van der Waals surface area contributed by atoms with E-state index in [2.05, 4.69) is 25.9 Å². The van der Waals surface area contributed by atoms with E-state index in [9.17, 15) is 9.18 Å². The van der Waals surface area contributed by atoms with Crippen molar-refractivity contribution in [2.45, 2.75) is 6.54 Å². The number of amides is 1. The molecule has 0 N–H and O–H groups in total. The standard InChI is InChI=1S/C21H20BrFN4O/c22-18-13-24-27(15-18)14-16-1-3-17(4-2-16)21(28)26-11-9-25(10-12-26)20-7-5-19(23)6-8-20/h1-8,13,15H,9-12,14H2. The van der Waals surface area contributed by atoms with Gasteiger partial charge in [-0.15, -0.1) is 0 Å². The molecule has 1 fully saturated rings. The molecule has 7 heteroatoms. The Bertz CT molecular complexity index is 947. The first kappa shape index (κ1) is 18.7. The smallest absolute Gasteiger partial charge is 0.253 e. The molecule has 1 aromatic heterocycles. The van der Waals surface area contributed by atoms with Gasteiger partial charge in [0.15, 0.2) is 0 Å². The Morgan fingerprint density at radius 2 is 1.68 bits per heavy atom. The van der Waals surface area contributed by atoms with Crippen LogP contribution in [0.3, 0.4) is 0 Å². The average molecular weight is 443 g/mol. The number of aromatic nitrogens is 2. The van der Waals surface area contributed by atoms with Gasteiger partial charge in [-0.1, -0.05) is 12.1 Å². The van der Waals surface area contributed by atoms with Crippen LogP contribution in [-0.4, -0.2) is 46.8 Å². The van der Waals surface area contributed by atoms with E-state index in [1.807, 2.05) is 40.0 Å². The highest BCUT2D eigenvalue weighted by Gasteiger charge is 2.22. The molecule has 28 heavy (non-hydrogen) atoms. The van der Waals surface area contributed by atoms with Gasteiger partial charge in [0.25, 0.3) is 5.91 Å². The summed E-state index contributed by atoms with van der Waals surface area (Å²) in [7, 11) is 0. The van der Waals surface area contributed by atoms with Gasteiger partial charge in [-0.25, -0.2) is 4.39 Å². The first-order chi connectivity index (χ1) is 13.6. The number of hydrogen-bond donors (Lipinski definition) is 0. The Balaban J connectivity index is 1.35. The van der Waals surface area contributed by atoms with Gasteiger partial charge in [0.2, 0.25) is 0 Å². The zero-order valence-corrected chi connectivity index (χ0v) is 16.8. The largest absolute Gasteiger partial charge is 0.368 e. The summed E-state index contributed by atoms with van der Waals surface area (Å²) in [5, 5.41) is 4.25. The van der Waals surface area contributed by atoms with Gasteiger partial charge in [-0.2, -0.15) is 5.10 Å². The van der Waals surface area contributed by atoms with Crippen LogP contribution in [0.2, 0.25) is 0 Å². The van der Waals surface area contributed by atoms with Crippen LogP contribution in [-0.2, 0) is 6.54 Å². The minimum atomic E-state index is -0.235. The van der Waals surface area contributed by atoms with E-state index in [0.29, 0.717) is 25.2 Å². The number of carbonyl (C=O) groups is 1. The molecule has 3 aromatic rings. The van der Waals surface area contributed by atoms with E-state index in [4.69, 9.17) is 0 Å². The third-order valence-corrected chi connectivity index (χ3v) is 5.32. The third-order valence-electron chi connectivity index (χ3n) is 4.91. The molecule has 0 bridgehead atoms. The maximum Gasteiger partial charge on any atom is 0.253 e. The summed E-state index contributed by atoms with van der Waals surface area (Å²) < 4.78 is 15.9. The maximum absolute atomic E-state index is 13.1. The molecular formula is C21H20BrFN4O. The second-order valence-corrected chi connectivity index (χ2v) is 7.72. The molecule has 5 nitrogen and oxygen atoms in total. The Morgan fingerprint density at radius 3 is 2.29 bits per heavy atom. The molecule has 2 aromatic carbocycles. The van der Waals surface area contributed by atoms with Crippen molar-refractivity contribution in [3.05, 3.63) is 82.3 Å². The van der Waals surface area contributed by atoms with Crippen molar-refractivity contribution in [1.82, 2.24) is 14.7 Å². The van der Waals surface area contributed by atoms with Crippen LogP contribution in [0.15, 0.2) is 65.4 Å². The Kier molecular flexibility index (Phi) is 5.43. The zero-order valence-electron chi connectivity index (χ0n) is 15.3. The van der Waals surface area contributed by atoms with E-state index in [1.165, 1.54) is 12.1 Å². The van der Waals surface area contributed by atoms with Gasteiger partial charge >= 0.3 is 0 Å². The normalized spacial score (nSPS) is 14.4. The van der Waals surface area contributed by atoms with Crippen LogP contribution in [0.5, 0.6) is 0 Å². The predicted molar refractivity (Wildman–Crippen MR) is 110 cm³/mol. The van der Waals surface area contributed by atoms with Gasteiger partial charge < -0.3 is 9.80 Å². The van der Waals surface area contributed by atoms with E-state index >= 15 is 0 Å². The van der Waals surface area contributed by atoms with Crippen LogP contribution in [0.25, 0.3) is 0 Å². The molecule has 1 aliphatic heterocycles. The summed E-state index contributed by atoms with van der Waals surface area (Å²) in [6.45, 7) is 3.45. The van der Waals surface area contributed by atoms with E-state index in [-0.39, 0.29) is 11.7 Å². The average Bonchev–Trinajstić information content (AvgIpc) is 3.13. The van der Waals surface area contributed by atoms with Crippen LogP contribution in [0, 0.1) is 5.82 Å². The summed E-state index contributed by atoms with van der Waals surface area (Å²) in [5.74, 6) is -0.187. The highest BCUT2D eigenvalue weighted by Crippen LogP contribution is 2.18. The summed E-state index contributed by atoms with van der Waals surface area (Å²) >= 11 is 3.39. The Hall–Kier alpha value is -2.67. The summed E-state index contributed by atoms with van der Waals surface area (Å²) in [6.07, 6.45) is 3.67. The van der Waals surface area contributed by atoms with Gasteiger partial charge in [0, 0.05) is 43.6 Å². The summed E-state index contributed by atoms with van der Waals surface area (Å²) in [6, 6.07) is 14.2. The lowest BCUT2D eigenvalue weighted by Crippen LogP contribution is -2.48. The topological polar surface area (TPSA) is 41.4 Å². The number of nitrogens with zero attached hydrogens (tertiary/aromatic N) is 4. The Morgan fingerprint density at radius 1 is 1.00 bits per heavy atom. The molecule has 4 rings (SSSR count). The van der Waals surface area contributed by atoms with Gasteiger partial charge in [0.1, 0.15) is 5.82 Å². The molecule has 1 saturated heterocycles. The minimum Gasteiger partial charge on any atom is -0.368 e. The van der Waals surface area contributed by atoms with Crippen molar-refractivity contribution < 1.29 is 9.18 Å². The highest BCUT2D eigenvalue weighted by atomic mass is 79.9. The molecule has 1 amide bonds. The number of piperazine rings is 1. The fraction of sp³-hybridized carbons (Fsp3) is 0.238. The fourth-order valence-electron chi connectivity index (χ4n) is 3.37. The number of hydrogen-bond acceptors (Lipinski definition) is 3. The molecule has 0 aliphatic carbocycles. The molecule has 2 heterocycles. The monoisotopic (exact) mass is 442 g/mol. The van der Waals surface area contributed by atoms with Crippen molar-refractivity contribution in [1.29, 1.82) is 0 Å². The van der Waals surface area contributed by atoms with E-state index in [0.717, 1.165) is 28.8 Å². The molecule has 0 saturated carbocycles. The van der Waals surface area contributed by atoms with Crippen LogP contribution >= 0.6 is 15.9 Å². The zero-order chi connectivity index (χ0) is 19.5. The van der Waals surface area contributed by atoms with Gasteiger partial charge in [-0.05, 0) is 57.9 Å². The van der Waals surface area contributed by atoms with E-state index < -0.39 is 0 Å². The second kappa shape index (κ2) is 8.14. The molecule has 0 unspecified atom stereocenters.